The molecular weight excluding hydrogens is 294 g/mol. The van der Waals surface area contributed by atoms with Crippen LogP contribution < -0.4 is 4.74 Å². The number of thiophene rings is 1. The molecule has 0 N–H and O–H groups in total. The van der Waals surface area contributed by atoms with E-state index in [4.69, 9.17) is 4.74 Å². The fraction of sp³-hybridized carbons (Fsp3) is 0.389. The molecule has 1 unspecified atom stereocenters. The Balaban J connectivity index is 1.77. The van der Waals surface area contributed by atoms with E-state index >= 15 is 0 Å². The summed E-state index contributed by atoms with van der Waals surface area (Å²) in [4.78, 5) is 16.5. The fourth-order valence-corrected chi connectivity index (χ4v) is 3.83. The molecule has 1 atom stereocenters. The number of amides is 1. The van der Waals surface area contributed by atoms with Crippen molar-refractivity contribution in [3.8, 4) is 16.2 Å². The summed E-state index contributed by atoms with van der Waals surface area (Å²) in [5, 5.41) is 0. The molecule has 4 heteroatoms. The third-order valence-electron chi connectivity index (χ3n) is 4.08. The lowest BCUT2D eigenvalue weighted by Crippen LogP contribution is -2.32. The van der Waals surface area contributed by atoms with Gasteiger partial charge in [0, 0.05) is 17.5 Å². The number of likely N-dealkylation sites (tertiary alicyclic amines) is 1. The molecule has 116 valence electrons. The van der Waals surface area contributed by atoms with Crippen molar-refractivity contribution in [2.75, 3.05) is 13.2 Å². The summed E-state index contributed by atoms with van der Waals surface area (Å²) in [5.41, 5.74) is 1.13. The molecule has 2 heterocycles. The highest BCUT2D eigenvalue weighted by Gasteiger charge is 2.26. The summed E-state index contributed by atoms with van der Waals surface area (Å²) in [5.74, 6) is 1.05. The average molecular weight is 315 g/mol. The number of hydrogen-bond acceptors (Lipinski definition) is 3. The van der Waals surface area contributed by atoms with Gasteiger partial charge in [-0.25, -0.2) is 0 Å². The molecule has 1 saturated heterocycles. The first-order valence-electron chi connectivity index (χ1n) is 7.83. The van der Waals surface area contributed by atoms with Crippen molar-refractivity contribution in [3.63, 3.8) is 0 Å². The molecule has 0 spiro atoms. The van der Waals surface area contributed by atoms with Gasteiger partial charge in [0.1, 0.15) is 5.75 Å². The second-order valence-corrected chi connectivity index (χ2v) is 6.69. The zero-order chi connectivity index (χ0) is 15.5. The van der Waals surface area contributed by atoms with Crippen molar-refractivity contribution in [3.05, 3.63) is 41.3 Å². The molecule has 1 aliphatic heterocycles. The number of benzene rings is 1. The van der Waals surface area contributed by atoms with Crippen LogP contribution in [0.3, 0.4) is 0 Å². The van der Waals surface area contributed by atoms with Crippen LogP contribution in [0.1, 0.15) is 36.4 Å². The summed E-state index contributed by atoms with van der Waals surface area (Å²) in [6, 6.07) is 12.4. The van der Waals surface area contributed by atoms with Crippen LogP contribution in [0.25, 0.3) is 10.4 Å². The molecule has 0 saturated carbocycles. The van der Waals surface area contributed by atoms with Crippen LogP contribution in [-0.2, 0) is 0 Å². The van der Waals surface area contributed by atoms with E-state index in [1.807, 2.05) is 48.2 Å². The SMILES string of the molecule is CCOc1ccc(-c2ccc(C(=O)N3CCCC3C)s2)cc1. The summed E-state index contributed by atoms with van der Waals surface area (Å²) in [6.07, 6.45) is 2.23. The minimum atomic E-state index is 0.173. The third kappa shape index (κ3) is 3.02. The van der Waals surface area contributed by atoms with Crippen LogP contribution in [0.15, 0.2) is 36.4 Å². The monoisotopic (exact) mass is 315 g/mol. The first-order chi connectivity index (χ1) is 10.7. The molecule has 1 aromatic carbocycles. The van der Waals surface area contributed by atoms with Crippen molar-refractivity contribution in [1.29, 1.82) is 0 Å². The van der Waals surface area contributed by atoms with Crippen LogP contribution in [-0.4, -0.2) is 30.0 Å². The number of carbonyl (C=O) groups excluding carboxylic acids is 1. The Morgan fingerprint density at radius 1 is 1.27 bits per heavy atom. The second-order valence-electron chi connectivity index (χ2n) is 5.61. The number of nitrogens with zero attached hydrogens (tertiary/aromatic N) is 1. The first kappa shape index (κ1) is 15.1. The molecule has 0 bridgehead atoms. The van der Waals surface area contributed by atoms with E-state index in [1.54, 1.807) is 11.3 Å². The van der Waals surface area contributed by atoms with Gasteiger partial charge in [0.25, 0.3) is 5.91 Å². The largest absolute Gasteiger partial charge is 0.494 e. The van der Waals surface area contributed by atoms with E-state index < -0.39 is 0 Å². The summed E-state index contributed by atoms with van der Waals surface area (Å²) in [7, 11) is 0. The number of carbonyl (C=O) groups is 1. The Morgan fingerprint density at radius 3 is 2.68 bits per heavy atom. The lowest BCUT2D eigenvalue weighted by atomic mass is 10.2. The van der Waals surface area contributed by atoms with Gasteiger partial charge < -0.3 is 9.64 Å². The van der Waals surface area contributed by atoms with Crippen LogP contribution in [0.5, 0.6) is 5.75 Å². The topological polar surface area (TPSA) is 29.5 Å². The van der Waals surface area contributed by atoms with E-state index in [0.717, 1.165) is 40.5 Å². The Morgan fingerprint density at radius 2 is 2.05 bits per heavy atom. The molecule has 0 radical (unpaired) electrons. The Kier molecular flexibility index (Phi) is 4.48. The maximum atomic E-state index is 12.6. The van der Waals surface area contributed by atoms with Crippen LogP contribution in [0.2, 0.25) is 0 Å². The lowest BCUT2D eigenvalue weighted by molar-refractivity contribution is 0.0752. The van der Waals surface area contributed by atoms with Gasteiger partial charge in [-0.15, -0.1) is 11.3 Å². The van der Waals surface area contributed by atoms with Crippen LogP contribution >= 0.6 is 11.3 Å². The fourth-order valence-electron chi connectivity index (χ4n) is 2.87. The van der Waals surface area contributed by atoms with Crippen molar-refractivity contribution in [1.82, 2.24) is 4.90 Å². The molecule has 22 heavy (non-hydrogen) atoms. The quantitative estimate of drug-likeness (QED) is 0.835. The molecular formula is C18H21NO2S. The molecule has 3 nitrogen and oxygen atoms in total. The number of hydrogen-bond donors (Lipinski definition) is 0. The standard InChI is InChI=1S/C18H21NO2S/c1-3-21-15-8-6-14(7-9-15)16-10-11-17(22-16)18(20)19-12-4-5-13(19)2/h6-11,13H,3-5,12H2,1-2H3. The van der Waals surface area contributed by atoms with Crippen molar-refractivity contribution < 1.29 is 9.53 Å². The predicted octanol–water partition coefficient (Wildman–Crippen LogP) is 4.44. The van der Waals surface area contributed by atoms with Crippen molar-refractivity contribution in [2.24, 2.45) is 0 Å². The highest BCUT2D eigenvalue weighted by atomic mass is 32.1. The minimum absolute atomic E-state index is 0.173. The number of rotatable bonds is 4. The predicted molar refractivity (Wildman–Crippen MR) is 90.7 cm³/mol. The van der Waals surface area contributed by atoms with E-state index in [-0.39, 0.29) is 5.91 Å². The molecule has 3 rings (SSSR count). The maximum Gasteiger partial charge on any atom is 0.264 e. The molecule has 1 fully saturated rings. The van der Waals surface area contributed by atoms with Crippen molar-refractivity contribution >= 4 is 17.2 Å². The summed E-state index contributed by atoms with van der Waals surface area (Å²) < 4.78 is 5.46. The molecule has 0 aliphatic carbocycles. The second kappa shape index (κ2) is 6.53. The van der Waals surface area contributed by atoms with Crippen LogP contribution in [0.4, 0.5) is 0 Å². The highest BCUT2D eigenvalue weighted by Crippen LogP contribution is 2.31. The smallest absolute Gasteiger partial charge is 0.264 e. The Hall–Kier alpha value is -1.81. The van der Waals surface area contributed by atoms with Gasteiger partial charge in [-0.3, -0.25) is 4.79 Å². The zero-order valence-electron chi connectivity index (χ0n) is 13.0. The van der Waals surface area contributed by atoms with Crippen LogP contribution in [0, 0.1) is 0 Å². The zero-order valence-corrected chi connectivity index (χ0v) is 13.9. The Bertz CT molecular complexity index is 647. The first-order valence-corrected chi connectivity index (χ1v) is 8.64. The lowest BCUT2D eigenvalue weighted by Gasteiger charge is -2.20. The maximum absolute atomic E-state index is 12.6. The van der Waals surface area contributed by atoms with Gasteiger partial charge in [0.15, 0.2) is 0 Å². The normalized spacial score (nSPS) is 17.7. The average Bonchev–Trinajstić information content (AvgIpc) is 3.17. The summed E-state index contributed by atoms with van der Waals surface area (Å²) >= 11 is 1.57. The molecule has 1 aromatic heterocycles. The molecule has 2 aromatic rings. The van der Waals surface area contributed by atoms with Crippen molar-refractivity contribution in [2.45, 2.75) is 32.7 Å². The third-order valence-corrected chi connectivity index (χ3v) is 5.20. The van der Waals surface area contributed by atoms with Gasteiger partial charge in [0.05, 0.1) is 11.5 Å². The number of ether oxygens (including phenoxy) is 1. The molecule has 1 amide bonds. The van der Waals surface area contributed by atoms with E-state index in [2.05, 4.69) is 6.92 Å². The van der Waals surface area contributed by atoms with Gasteiger partial charge in [-0.1, -0.05) is 0 Å². The minimum Gasteiger partial charge on any atom is -0.494 e. The van der Waals surface area contributed by atoms with Gasteiger partial charge in [0.2, 0.25) is 0 Å². The highest BCUT2D eigenvalue weighted by molar-refractivity contribution is 7.17. The Labute approximate surface area is 135 Å². The van der Waals surface area contributed by atoms with Gasteiger partial charge >= 0.3 is 0 Å². The summed E-state index contributed by atoms with van der Waals surface area (Å²) in [6.45, 7) is 5.66. The van der Waals surface area contributed by atoms with Gasteiger partial charge in [-0.2, -0.15) is 0 Å². The van der Waals surface area contributed by atoms with E-state index in [0.29, 0.717) is 12.6 Å². The van der Waals surface area contributed by atoms with E-state index in [1.165, 1.54) is 0 Å². The van der Waals surface area contributed by atoms with E-state index in [9.17, 15) is 4.79 Å². The van der Waals surface area contributed by atoms with Gasteiger partial charge in [-0.05, 0) is 68.7 Å². The molecule has 1 aliphatic rings.